The minimum absolute atomic E-state index is 0.0191. The molecule has 7 heteroatoms. The van der Waals surface area contributed by atoms with Crippen molar-refractivity contribution in [2.24, 2.45) is 5.84 Å². The molecule has 1 aliphatic rings. The largest absolute Gasteiger partial charge is 0.379 e. The lowest BCUT2D eigenvalue weighted by Gasteiger charge is -2.20. The molecule has 1 aromatic heterocycles. The molecule has 0 saturated heterocycles. The van der Waals surface area contributed by atoms with E-state index in [4.69, 9.17) is 10.6 Å². The summed E-state index contributed by atoms with van der Waals surface area (Å²) >= 11 is 0. The number of hydrogen-bond donors (Lipinski definition) is 3. The number of nitrogens with zero attached hydrogens (tertiary/aromatic N) is 2. The van der Waals surface area contributed by atoms with E-state index < -0.39 is 0 Å². The van der Waals surface area contributed by atoms with Gasteiger partial charge < -0.3 is 15.5 Å². The lowest BCUT2D eigenvalue weighted by atomic mass is 10.2. The Kier molecular flexibility index (Phi) is 5.08. The fourth-order valence-corrected chi connectivity index (χ4v) is 2.56. The number of aromatic nitrogens is 2. The van der Waals surface area contributed by atoms with Crippen LogP contribution in [0.25, 0.3) is 0 Å². The quantitative estimate of drug-likeness (QED) is 0.556. The predicted molar refractivity (Wildman–Crippen MR) is 79.8 cm³/mol. The van der Waals surface area contributed by atoms with Crippen molar-refractivity contribution in [2.75, 3.05) is 12.5 Å². The highest BCUT2D eigenvalue weighted by atomic mass is 16.5. The van der Waals surface area contributed by atoms with Crippen LogP contribution in [0.2, 0.25) is 0 Å². The highest BCUT2D eigenvalue weighted by Crippen LogP contribution is 2.22. The van der Waals surface area contributed by atoms with Gasteiger partial charge in [-0.25, -0.2) is 9.97 Å². The summed E-state index contributed by atoms with van der Waals surface area (Å²) in [6.45, 7) is 3.95. The van der Waals surface area contributed by atoms with Gasteiger partial charge in [0.05, 0.1) is 24.0 Å². The molecule has 2 rings (SSSR count). The van der Waals surface area contributed by atoms with E-state index in [0.29, 0.717) is 11.5 Å². The Balaban J connectivity index is 2.19. The zero-order valence-corrected chi connectivity index (χ0v) is 12.7. The Hall–Kier alpha value is -1.73. The summed E-state index contributed by atoms with van der Waals surface area (Å²) in [6, 6.07) is 0.0191. The lowest BCUT2D eigenvalue weighted by Crippen LogP contribution is -2.41. The fourth-order valence-electron chi connectivity index (χ4n) is 2.56. The molecule has 21 heavy (non-hydrogen) atoms. The first-order valence-corrected chi connectivity index (χ1v) is 7.24. The molecule has 2 unspecified atom stereocenters. The Morgan fingerprint density at radius 1 is 1.48 bits per heavy atom. The third-order valence-electron chi connectivity index (χ3n) is 3.77. The van der Waals surface area contributed by atoms with Gasteiger partial charge in [0.2, 0.25) is 0 Å². The summed E-state index contributed by atoms with van der Waals surface area (Å²) in [5.41, 5.74) is 3.17. The summed E-state index contributed by atoms with van der Waals surface area (Å²) in [4.78, 5) is 21.0. The van der Waals surface area contributed by atoms with Gasteiger partial charge in [-0.1, -0.05) is 13.8 Å². The Bertz CT molecular complexity index is 506. The molecular weight excluding hydrogens is 270 g/mol. The number of anilines is 1. The molecule has 1 aliphatic carbocycles. The zero-order chi connectivity index (χ0) is 15.4. The van der Waals surface area contributed by atoms with Crippen LogP contribution in [0, 0.1) is 0 Å². The summed E-state index contributed by atoms with van der Waals surface area (Å²) in [5.74, 6) is 5.95. The number of ether oxygens (including phenoxy) is 1. The van der Waals surface area contributed by atoms with Crippen LogP contribution in [0.1, 0.15) is 55.3 Å². The monoisotopic (exact) mass is 293 g/mol. The average molecular weight is 293 g/mol. The first kappa shape index (κ1) is 15.7. The van der Waals surface area contributed by atoms with Crippen molar-refractivity contribution < 1.29 is 9.53 Å². The second-order valence-electron chi connectivity index (χ2n) is 5.57. The van der Waals surface area contributed by atoms with E-state index in [1.54, 1.807) is 13.3 Å². The van der Waals surface area contributed by atoms with Crippen LogP contribution in [0.3, 0.4) is 0 Å². The average Bonchev–Trinajstić information content (AvgIpc) is 2.93. The number of hydrazine groups is 1. The van der Waals surface area contributed by atoms with Gasteiger partial charge in [0.1, 0.15) is 5.82 Å². The van der Waals surface area contributed by atoms with E-state index in [2.05, 4.69) is 20.7 Å². The van der Waals surface area contributed by atoms with Crippen LogP contribution in [-0.4, -0.2) is 35.1 Å². The minimum atomic E-state index is -0.249. The van der Waals surface area contributed by atoms with Crippen LogP contribution >= 0.6 is 0 Å². The van der Waals surface area contributed by atoms with Crippen molar-refractivity contribution in [1.29, 1.82) is 0 Å². The second kappa shape index (κ2) is 6.82. The van der Waals surface area contributed by atoms with Crippen molar-refractivity contribution in [3.8, 4) is 0 Å². The molecule has 1 amide bonds. The van der Waals surface area contributed by atoms with E-state index in [0.717, 1.165) is 19.3 Å². The van der Waals surface area contributed by atoms with Gasteiger partial charge in [0.25, 0.3) is 5.91 Å². The van der Waals surface area contributed by atoms with E-state index in [1.165, 1.54) is 0 Å². The lowest BCUT2D eigenvalue weighted by molar-refractivity contribution is 0.0719. The number of hydrogen-bond acceptors (Lipinski definition) is 6. The molecule has 1 aromatic rings. The number of rotatable bonds is 5. The summed E-state index contributed by atoms with van der Waals surface area (Å²) < 4.78 is 5.39. The Labute approximate surface area is 124 Å². The molecule has 1 saturated carbocycles. The number of carbonyl (C=O) groups is 1. The number of nitrogens with two attached hydrogens (primary N) is 1. The molecule has 0 spiro atoms. The maximum atomic E-state index is 12.5. The molecule has 2 atom stereocenters. The number of amides is 1. The molecule has 0 aliphatic heterocycles. The van der Waals surface area contributed by atoms with Gasteiger partial charge in [-0.3, -0.25) is 10.6 Å². The maximum Gasteiger partial charge on any atom is 0.272 e. The normalized spacial score (nSPS) is 21.6. The summed E-state index contributed by atoms with van der Waals surface area (Å²) in [7, 11) is 1.67. The molecular formula is C14H23N5O2. The van der Waals surface area contributed by atoms with Crippen molar-refractivity contribution in [3.63, 3.8) is 0 Å². The molecule has 4 N–H and O–H groups in total. The molecule has 7 nitrogen and oxygen atoms in total. The smallest absolute Gasteiger partial charge is 0.272 e. The predicted octanol–water partition coefficient (Wildman–Crippen LogP) is 1.18. The molecule has 0 aromatic carbocycles. The minimum Gasteiger partial charge on any atom is -0.379 e. The van der Waals surface area contributed by atoms with Gasteiger partial charge in [-0.2, -0.15) is 0 Å². The Morgan fingerprint density at radius 2 is 2.24 bits per heavy atom. The molecule has 116 valence electrons. The molecule has 0 radical (unpaired) electrons. The fraction of sp³-hybridized carbons (Fsp3) is 0.643. The van der Waals surface area contributed by atoms with Crippen molar-refractivity contribution in [2.45, 2.75) is 51.2 Å². The van der Waals surface area contributed by atoms with Crippen LogP contribution in [0.15, 0.2) is 6.20 Å². The van der Waals surface area contributed by atoms with E-state index in [1.807, 2.05) is 13.8 Å². The van der Waals surface area contributed by atoms with Crippen molar-refractivity contribution in [3.05, 3.63) is 17.7 Å². The number of carbonyl (C=O) groups excluding carboxylic acids is 1. The SMILES string of the molecule is COC1CCCC1NC(=O)c1nc(C(C)C)ncc1NN. The molecule has 1 fully saturated rings. The Morgan fingerprint density at radius 3 is 2.86 bits per heavy atom. The first-order chi connectivity index (χ1) is 10.1. The van der Waals surface area contributed by atoms with Crippen LogP contribution in [-0.2, 0) is 4.74 Å². The number of methoxy groups -OCH3 is 1. The molecule has 1 heterocycles. The third kappa shape index (κ3) is 3.48. The van der Waals surface area contributed by atoms with Crippen LogP contribution < -0.4 is 16.6 Å². The van der Waals surface area contributed by atoms with Crippen molar-refractivity contribution in [1.82, 2.24) is 15.3 Å². The third-order valence-corrected chi connectivity index (χ3v) is 3.77. The highest BCUT2D eigenvalue weighted by molar-refractivity contribution is 5.97. The topological polar surface area (TPSA) is 102 Å². The standard InChI is InChI=1S/C14H23N5O2/c1-8(2)13-16-7-10(19-15)12(18-13)14(20)17-9-5-4-6-11(9)21-3/h7-9,11,19H,4-6,15H2,1-3H3,(H,17,20). The van der Waals surface area contributed by atoms with E-state index in [9.17, 15) is 4.79 Å². The summed E-state index contributed by atoms with van der Waals surface area (Å²) in [5, 5.41) is 2.99. The first-order valence-electron chi connectivity index (χ1n) is 7.24. The second-order valence-corrected chi connectivity index (χ2v) is 5.57. The van der Waals surface area contributed by atoms with Gasteiger partial charge in [0, 0.05) is 13.0 Å². The highest BCUT2D eigenvalue weighted by Gasteiger charge is 2.29. The number of nitrogens with one attached hydrogen (secondary N) is 2. The van der Waals surface area contributed by atoms with Gasteiger partial charge in [-0.05, 0) is 19.3 Å². The summed E-state index contributed by atoms with van der Waals surface area (Å²) in [6.07, 6.45) is 4.53. The van der Waals surface area contributed by atoms with Crippen LogP contribution in [0.5, 0.6) is 0 Å². The van der Waals surface area contributed by atoms with E-state index >= 15 is 0 Å². The van der Waals surface area contributed by atoms with Gasteiger partial charge in [-0.15, -0.1) is 0 Å². The maximum absolute atomic E-state index is 12.5. The van der Waals surface area contributed by atoms with Crippen LogP contribution in [0.4, 0.5) is 5.69 Å². The number of nitrogen functional groups attached to an aromatic ring is 1. The van der Waals surface area contributed by atoms with E-state index in [-0.39, 0.29) is 29.7 Å². The van der Waals surface area contributed by atoms with Gasteiger partial charge in [0.15, 0.2) is 5.69 Å². The van der Waals surface area contributed by atoms with Crippen molar-refractivity contribution >= 4 is 11.6 Å². The van der Waals surface area contributed by atoms with Gasteiger partial charge >= 0.3 is 0 Å². The zero-order valence-electron chi connectivity index (χ0n) is 12.7. The molecule has 0 bridgehead atoms.